The predicted octanol–water partition coefficient (Wildman–Crippen LogP) is 3.31. The number of hydrogen-bond acceptors (Lipinski definition) is 3. The van der Waals surface area contributed by atoms with Gasteiger partial charge in [0.1, 0.15) is 4.88 Å². The summed E-state index contributed by atoms with van der Waals surface area (Å²) in [5, 5.41) is 13.4. The van der Waals surface area contributed by atoms with Crippen molar-refractivity contribution in [2.75, 3.05) is 0 Å². The molecule has 1 heterocycles. The van der Waals surface area contributed by atoms with Crippen molar-refractivity contribution in [3.63, 3.8) is 0 Å². The Morgan fingerprint density at radius 2 is 2.06 bits per heavy atom. The lowest BCUT2D eigenvalue weighted by Crippen LogP contribution is -2.22. The largest absolute Gasteiger partial charge is 0.347 e. The maximum absolute atomic E-state index is 11.8. The molecule has 0 bridgehead atoms. The molecule has 0 unspecified atom stereocenters. The van der Waals surface area contributed by atoms with Gasteiger partial charge in [-0.05, 0) is 45.1 Å². The van der Waals surface area contributed by atoms with Gasteiger partial charge in [0.2, 0.25) is 0 Å². The molecule has 0 saturated heterocycles. The molecule has 0 aliphatic rings. The molecule has 1 aromatic heterocycles. The molecular formula is C13H9BrN2OS. The van der Waals surface area contributed by atoms with Crippen molar-refractivity contribution >= 4 is 33.2 Å². The minimum absolute atomic E-state index is 0.0961. The Balaban J connectivity index is 1.97. The van der Waals surface area contributed by atoms with Crippen LogP contribution in [0.3, 0.4) is 0 Å². The predicted molar refractivity (Wildman–Crippen MR) is 74.3 cm³/mol. The second-order valence-electron chi connectivity index (χ2n) is 3.59. The second-order valence-corrected chi connectivity index (χ2v) is 5.36. The summed E-state index contributed by atoms with van der Waals surface area (Å²) >= 11 is 4.72. The first kappa shape index (κ1) is 12.8. The lowest BCUT2D eigenvalue weighted by Gasteiger charge is -2.04. The van der Waals surface area contributed by atoms with E-state index in [4.69, 9.17) is 5.26 Å². The van der Waals surface area contributed by atoms with Gasteiger partial charge in [0, 0.05) is 11.0 Å². The maximum atomic E-state index is 11.8. The average Bonchev–Trinajstić information content (AvgIpc) is 2.83. The number of carbonyl (C=O) groups excluding carboxylic acids is 1. The Kier molecular flexibility index (Phi) is 4.13. The van der Waals surface area contributed by atoms with Crippen molar-refractivity contribution in [1.29, 1.82) is 5.26 Å². The van der Waals surface area contributed by atoms with Crippen molar-refractivity contribution in [2.24, 2.45) is 0 Å². The number of rotatable bonds is 3. The van der Waals surface area contributed by atoms with E-state index in [-0.39, 0.29) is 5.91 Å². The smallest absolute Gasteiger partial charge is 0.262 e. The van der Waals surface area contributed by atoms with E-state index in [1.807, 2.05) is 23.6 Å². The summed E-state index contributed by atoms with van der Waals surface area (Å²) in [5.74, 6) is -0.0961. The number of nitrogens with zero attached hydrogens (tertiary/aromatic N) is 1. The lowest BCUT2D eigenvalue weighted by molar-refractivity contribution is 0.0954. The molecule has 5 heteroatoms. The van der Waals surface area contributed by atoms with Gasteiger partial charge in [0.25, 0.3) is 5.91 Å². The number of carbonyl (C=O) groups is 1. The molecule has 0 aliphatic heterocycles. The third-order valence-corrected chi connectivity index (χ3v) is 4.20. The Hall–Kier alpha value is -1.64. The lowest BCUT2D eigenvalue weighted by atomic mass is 10.1. The van der Waals surface area contributed by atoms with E-state index in [1.54, 1.807) is 12.1 Å². The number of nitriles is 1. The van der Waals surface area contributed by atoms with Gasteiger partial charge in [0.05, 0.1) is 11.6 Å². The number of nitrogens with one attached hydrogen (secondary N) is 1. The van der Waals surface area contributed by atoms with E-state index < -0.39 is 0 Å². The van der Waals surface area contributed by atoms with Gasteiger partial charge in [-0.15, -0.1) is 11.3 Å². The topological polar surface area (TPSA) is 52.9 Å². The van der Waals surface area contributed by atoms with Gasteiger partial charge < -0.3 is 5.32 Å². The quantitative estimate of drug-likeness (QED) is 0.943. The highest BCUT2D eigenvalue weighted by molar-refractivity contribution is 9.10. The van der Waals surface area contributed by atoms with Crippen LogP contribution >= 0.6 is 27.3 Å². The summed E-state index contributed by atoms with van der Waals surface area (Å²) in [6.45, 7) is 0.453. The van der Waals surface area contributed by atoms with Crippen LogP contribution in [0.2, 0.25) is 0 Å². The molecule has 1 N–H and O–H groups in total. The van der Waals surface area contributed by atoms with Crippen LogP contribution in [0.1, 0.15) is 20.8 Å². The van der Waals surface area contributed by atoms with E-state index in [0.717, 1.165) is 10.0 Å². The van der Waals surface area contributed by atoms with E-state index in [1.165, 1.54) is 11.3 Å². The molecule has 2 aromatic rings. The monoisotopic (exact) mass is 320 g/mol. The molecule has 3 nitrogen and oxygen atoms in total. The summed E-state index contributed by atoms with van der Waals surface area (Å²) in [7, 11) is 0. The number of benzene rings is 1. The van der Waals surface area contributed by atoms with Gasteiger partial charge in [-0.3, -0.25) is 4.79 Å². The summed E-state index contributed by atoms with van der Waals surface area (Å²) in [6, 6.07) is 11.1. The molecule has 0 fully saturated rings. The minimum atomic E-state index is -0.0961. The zero-order chi connectivity index (χ0) is 13.0. The average molecular weight is 321 g/mol. The van der Waals surface area contributed by atoms with Crippen LogP contribution in [-0.2, 0) is 6.54 Å². The normalized spacial score (nSPS) is 9.78. The molecule has 0 saturated carbocycles. The molecule has 0 radical (unpaired) electrons. The number of hydrogen-bond donors (Lipinski definition) is 1. The van der Waals surface area contributed by atoms with Crippen LogP contribution in [0.15, 0.2) is 40.2 Å². The van der Waals surface area contributed by atoms with Crippen molar-refractivity contribution < 1.29 is 4.79 Å². The minimum Gasteiger partial charge on any atom is -0.347 e. The summed E-state index contributed by atoms with van der Waals surface area (Å²) in [4.78, 5) is 12.5. The van der Waals surface area contributed by atoms with E-state index in [0.29, 0.717) is 17.0 Å². The van der Waals surface area contributed by atoms with Crippen LogP contribution in [0, 0.1) is 11.3 Å². The Bertz CT molecular complexity index is 598. The standard InChI is InChI=1S/C13H9BrN2OS/c14-11-5-6-18-12(11)13(17)16-8-10-3-1-9(7-15)2-4-10/h1-6H,8H2,(H,16,17). The molecule has 0 aliphatic carbocycles. The van der Waals surface area contributed by atoms with Gasteiger partial charge in [-0.25, -0.2) is 0 Å². The molecule has 1 aromatic carbocycles. The fourth-order valence-electron chi connectivity index (χ4n) is 1.42. The van der Waals surface area contributed by atoms with Crippen molar-refractivity contribution in [3.8, 4) is 6.07 Å². The van der Waals surface area contributed by atoms with Crippen molar-refractivity contribution in [3.05, 3.63) is 56.2 Å². The summed E-state index contributed by atoms with van der Waals surface area (Å²) in [5.41, 5.74) is 1.58. The van der Waals surface area contributed by atoms with E-state index in [2.05, 4.69) is 27.3 Å². The molecule has 1 amide bonds. The number of amides is 1. The van der Waals surface area contributed by atoms with Crippen molar-refractivity contribution in [2.45, 2.75) is 6.54 Å². The van der Waals surface area contributed by atoms with E-state index in [9.17, 15) is 4.79 Å². The van der Waals surface area contributed by atoms with Crippen molar-refractivity contribution in [1.82, 2.24) is 5.32 Å². The van der Waals surface area contributed by atoms with Crippen LogP contribution in [0.4, 0.5) is 0 Å². The number of halogens is 1. The molecule has 0 spiro atoms. The fraction of sp³-hybridized carbons (Fsp3) is 0.0769. The molecule has 2 rings (SSSR count). The fourth-order valence-corrected chi connectivity index (χ4v) is 2.88. The third kappa shape index (κ3) is 2.97. The molecular weight excluding hydrogens is 312 g/mol. The summed E-state index contributed by atoms with van der Waals surface area (Å²) in [6.07, 6.45) is 0. The molecule has 0 atom stereocenters. The van der Waals surface area contributed by atoms with Crippen LogP contribution in [-0.4, -0.2) is 5.91 Å². The first-order valence-corrected chi connectivity index (χ1v) is 6.88. The van der Waals surface area contributed by atoms with Gasteiger partial charge in [0.15, 0.2) is 0 Å². The van der Waals surface area contributed by atoms with Gasteiger partial charge in [-0.2, -0.15) is 5.26 Å². The Labute approximate surface area is 117 Å². The highest BCUT2D eigenvalue weighted by Gasteiger charge is 2.10. The van der Waals surface area contributed by atoms with Crippen LogP contribution in [0.25, 0.3) is 0 Å². The summed E-state index contributed by atoms with van der Waals surface area (Å²) < 4.78 is 0.810. The third-order valence-electron chi connectivity index (χ3n) is 2.36. The highest BCUT2D eigenvalue weighted by atomic mass is 79.9. The Morgan fingerprint density at radius 1 is 1.33 bits per heavy atom. The van der Waals surface area contributed by atoms with Gasteiger partial charge in [-0.1, -0.05) is 12.1 Å². The molecule has 18 heavy (non-hydrogen) atoms. The van der Waals surface area contributed by atoms with Crippen LogP contribution in [0.5, 0.6) is 0 Å². The van der Waals surface area contributed by atoms with Crippen LogP contribution < -0.4 is 5.32 Å². The highest BCUT2D eigenvalue weighted by Crippen LogP contribution is 2.22. The first-order valence-electron chi connectivity index (χ1n) is 5.21. The second kappa shape index (κ2) is 5.80. The van der Waals surface area contributed by atoms with E-state index >= 15 is 0 Å². The maximum Gasteiger partial charge on any atom is 0.262 e. The Morgan fingerprint density at radius 3 is 2.61 bits per heavy atom. The van der Waals surface area contributed by atoms with Gasteiger partial charge >= 0.3 is 0 Å². The molecule has 90 valence electrons. The first-order chi connectivity index (χ1) is 8.70. The SMILES string of the molecule is N#Cc1ccc(CNC(=O)c2sccc2Br)cc1. The zero-order valence-electron chi connectivity index (χ0n) is 9.31. The number of thiophene rings is 1. The zero-order valence-corrected chi connectivity index (χ0v) is 11.7.